The summed E-state index contributed by atoms with van der Waals surface area (Å²) in [5, 5.41) is 11.9. The normalized spacial score (nSPS) is 10.7. The van der Waals surface area contributed by atoms with Gasteiger partial charge in [-0.15, -0.1) is 10.2 Å². The zero-order chi connectivity index (χ0) is 13.5. The second kappa shape index (κ2) is 7.31. The van der Waals surface area contributed by atoms with Crippen LogP contribution in [0.4, 0.5) is 5.13 Å². The van der Waals surface area contributed by atoms with E-state index in [2.05, 4.69) is 29.4 Å². The van der Waals surface area contributed by atoms with E-state index < -0.39 is 0 Å². The minimum Gasteiger partial charge on any atom is -0.363 e. The fourth-order valence-electron chi connectivity index (χ4n) is 1.76. The molecule has 18 heavy (non-hydrogen) atoms. The summed E-state index contributed by atoms with van der Waals surface area (Å²) >= 11 is 1.30. The molecule has 0 bridgehead atoms. The molecule has 6 heteroatoms. The summed E-state index contributed by atoms with van der Waals surface area (Å²) in [5.41, 5.74) is 0. The SMILES string of the molecule is CCC(CC)CN(CC)C(=O)c1nnc(NC)s1. The van der Waals surface area contributed by atoms with E-state index in [4.69, 9.17) is 0 Å². The number of anilines is 1. The lowest BCUT2D eigenvalue weighted by atomic mass is 10.0. The van der Waals surface area contributed by atoms with Gasteiger partial charge in [-0.3, -0.25) is 4.79 Å². The number of hydrogen-bond donors (Lipinski definition) is 1. The van der Waals surface area contributed by atoms with Gasteiger partial charge in [-0.1, -0.05) is 38.0 Å². The van der Waals surface area contributed by atoms with Crippen molar-refractivity contribution in [2.45, 2.75) is 33.6 Å². The Morgan fingerprint density at radius 2 is 2.00 bits per heavy atom. The van der Waals surface area contributed by atoms with Gasteiger partial charge in [0.15, 0.2) is 0 Å². The second-order valence-electron chi connectivity index (χ2n) is 4.19. The molecule has 0 atom stereocenters. The fourth-order valence-corrected chi connectivity index (χ4v) is 2.43. The van der Waals surface area contributed by atoms with E-state index in [0.29, 0.717) is 22.6 Å². The van der Waals surface area contributed by atoms with Crippen LogP contribution in [0.1, 0.15) is 43.4 Å². The van der Waals surface area contributed by atoms with Gasteiger partial charge >= 0.3 is 0 Å². The van der Waals surface area contributed by atoms with Crippen LogP contribution >= 0.6 is 11.3 Å². The third kappa shape index (κ3) is 3.66. The van der Waals surface area contributed by atoms with Gasteiger partial charge in [0.25, 0.3) is 5.91 Å². The molecule has 1 amide bonds. The Labute approximate surface area is 113 Å². The number of amides is 1. The molecule has 0 aliphatic carbocycles. The number of hydrogen-bond acceptors (Lipinski definition) is 5. The summed E-state index contributed by atoms with van der Waals surface area (Å²) in [6.07, 6.45) is 2.19. The number of nitrogens with one attached hydrogen (secondary N) is 1. The molecule has 0 aromatic carbocycles. The van der Waals surface area contributed by atoms with E-state index in [9.17, 15) is 4.79 Å². The van der Waals surface area contributed by atoms with Crippen LogP contribution in [0.2, 0.25) is 0 Å². The standard InChI is InChI=1S/C12H22N4OS/c1-5-9(6-2)8-16(7-3)11(17)10-14-15-12(13-4)18-10/h9H,5-8H2,1-4H3,(H,13,15). The third-order valence-corrected chi connectivity index (χ3v) is 4.05. The summed E-state index contributed by atoms with van der Waals surface area (Å²) in [6, 6.07) is 0. The van der Waals surface area contributed by atoms with Crippen LogP contribution in [-0.4, -0.2) is 41.1 Å². The lowest BCUT2D eigenvalue weighted by Gasteiger charge is -2.24. The first-order valence-electron chi connectivity index (χ1n) is 6.46. The molecule has 1 heterocycles. The van der Waals surface area contributed by atoms with Crippen molar-refractivity contribution < 1.29 is 4.79 Å². The van der Waals surface area contributed by atoms with Crippen molar-refractivity contribution in [3.8, 4) is 0 Å². The highest BCUT2D eigenvalue weighted by Gasteiger charge is 2.20. The first-order valence-corrected chi connectivity index (χ1v) is 7.28. The Morgan fingerprint density at radius 1 is 1.33 bits per heavy atom. The maximum absolute atomic E-state index is 12.3. The third-order valence-electron chi connectivity index (χ3n) is 3.12. The van der Waals surface area contributed by atoms with Gasteiger partial charge in [0, 0.05) is 20.1 Å². The van der Waals surface area contributed by atoms with Crippen molar-refractivity contribution in [2.75, 3.05) is 25.5 Å². The maximum Gasteiger partial charge on any atom is 0.284 e. The summed E-state index contributed by atoms with van der Waals surface area (Å²) in [5.74, 6) is 0.550. The van der Waals surface area contributed by atoms with Crippen LogP contribution in [0.25, 0.3) is 0 Å². The molecule has 1 rings (SSSR count). The first-order chi connectivity index (χ1) is 8.65. The molecule has 0 fully saturated rings. The van der Waals surface area contributed by atoms with Crippen molar-refractivity contribution in [3.63, 3.8) is 0 Å². The number of nitrogens with zero attached hydrogens (tertiary/aromatic N) is 3. The highest BCUT2D eigenvalue weighted by Crippen LogP contribution is 2.18. The van der Waals surface area contributed by atoms with E-state index in [1.165, 1.54) is 11.3 Å². The molecular weight excluding hydrogens is 248 g/mol. The highest BCUT2D eigenvalue weighted by atomic mass is 32.1. The van der Waals surface area contributed by atoms with Gasteiger partial charge < -0.3 is 10.2 Å². The number of aromatic nitrogens is 2. The molecule has 0 radical (unpaired) electrons. The van der Waals surface area contributed by atoms with Gasteiger partial charge in [-0.05, 0) is 12.8 Å². The van der Waals surface area contributed by atoms with Crippen LogP contribution in [0, 0.1) is 5.92 Å². The molecule has 1 aromatic rings. The van der Waals surface area contributed by atoms with E-state index >= 15 is 0 Å². The number of rotatable bonds is 7. The number of carbonyl (C=O) groups is 1. The van der Waals surface area contributed by atoms with E-state index in [1.54, 1.807) is 7.05 Å². The van der Waals surface area contributed by atoms with Crippen LogP contribution in [0.15, 0.2) is 0 Å². The van der Waals surface area contributed by atoms with Crippen LogP contribution in [-0.2, 0) is 0 Å². The molecule has 0 spiro atoms. The molecule has 0 aliphatic heterocycles. The summed E-state index contributed by atoms with van der Waals surface area (Å²) in [7, 11) is 1.77. The summed E-state index contributed by atoms with van der Waals surface area (Å²) < 4.78 is 0. The molecule has 0 aliphatic rings. The number of carbonyl (C=O) groups excluding carboxylic acids is 1. The van der Waals surface area contributed by atoms with Crippen LogP contribution in [0.5, 0.6) is 0 Å². The zero-order valence-electron chi connectivity index (χ0n) is 11.6. The minimum absolute atomic E-state index is 0.0107. The smallest absolute Gasteiger partial charge is 0.284 e. The van der Waals surface area contributed by atoms with Gasteiger partial charge in [0.2, 0.25) is 10.1 Å². The Bertz CT molecular complexity index is 376. The Morgan fingerprint density at radius 3 is 2.44 bits per heavy atom. The van der Waals surface area contributed by atoms with Crippen molar-refractivity contribution in [1.82, 2.24) is 15.1 Å². The quantitative estimate of drug-likeness (QED) is 0.827. The van der Waals surface area contributed by atoms with Crippen LogP contribution < -0.4 is 5.32 Å². The first kappa shape index (κ1) is 14.9. The molecule has 102 valence electrons. The van der Waals surface area contributed by atoms with Gasteiger partial charge in [0.05, 0.1) is 0 Å². The Balaban J connectivity index is 2.72. The van der Waals surface area contributed by atoms with Crippen molar-refractivity contribution >= 4 is 22.4 Å². The lowest BCUT2D eigenvalue weighted by Crippen LogP contribution is -2.35. The summed E-state index contributed by atoms with van der Waals surface area (Å²) in [6.45, 7) is 7.84. The van der Waals surface area contributed by atoms with E-state index in [1.807, 2.05) is 11.8 Å². The maximum atomic E-state index is 12.3. The lowest BCUT2D eigenvalue weighted by molar-refractivity contribution is 0.0733. The molecule has 1 aromatic heterocycles. The molecule has 0 saturated heterocycles. The van der Waals surface area contributed by atoms with Crippen molar-refractivity contribution in [1.29, 1.82) is 0 Å². The van der Waals surface area contributed by atoms with E-state index in [-0.39, 0.29) is 5.91 Å². The topological polar surface area (TPSA) is 58.1 Å². The van der Waals surface area contributed by atoms with Gasteiger partial charge in [0.1, 0.15) is 0 Å². The average Bonchev–Trinajstić information content (AvgIpc) is 2.88. The van der Waals surface area contributed by atoms with Crippen molar-refractivity contribution in [3.05, 3.63) is 5.01 Å². The zero-order valence-corrected chi connectivity index (χ0v) is 12.4. The second-order valence-corrected chi connectivity index (χ2v) is 5.17. The van der Waals surface area contributed by atoms with E-state index in [0.717, 1.165) is 19.4 Å². The molecular formula is C12H22N4OS. The highest BCUT2D eigenvalue weighted by molar-refractivity contribution is 7.17. The average molecular weight is 270 g/mol. The molecule has 0 saturated carbocycles. The van der Waals surface area contributed by atoms with Gasteiger partial charge in [-0.25, -0.2) is 0 Å². The largest absolute Gasteiger partial charge is 0.363 e. The monoisotopic (exact) mass is 270 g/mol. The van der Waals surface area contributed by atoms with Crippen LogP contribution in [0.3, 0.4) is 0 Å². The Hall–Kier alpha value is -1.17. The molecule has 1 N–H and O–H groups in total. The molecule has 0 unspecified atom stereocenters. The van der Waals surface area contributed by atoms with Gasteiger partial charge in [-0.2, -0.15) is 0 Å². The van der Waals surface area contributed by atoms with Crippen molar-refractivity contribution in [2.24, 2.45) is 5.92 Å². The summed E-state index contributed by atoms with van der Waals surface area (Å²) in [4.78, 5) is 14.1. The molecule has 5 nitrogen and oxygen atoms in total. The fraction of sp³-hybridized carbons (Fsp3) is 0.750. The predicted octanol–water partition coefficient (Wildman–Crippen LogP) is 2.48. The minimum atomic E-state index is -0.0107. The predicted molar refractivity (Wildman–Crippen MR) is 75.1 cm³/mol. The Kier molecular flexibility index (Phi) is 6.04.